The molecule has 0 radical (unpaired) electrons. The standard InChI is InChI=1S/C26H21Cl2NO3/c1-15(11-24(30)29-23-10-9-18(27)12-22(23)28)19-13-20-21(17-7-5-4-6-8-17)14-32-26(20)16(2)25(19)31-3/h4-14H,1-3H3,(H,29,30)/b15-11+. The van der Waals surface area contributed by atoms with Gasteiger partial charge < -0.3 is 14.5 Å². The topological polar surface area (TPSA) is 51.5 Å². The van der Waals surface area contributed by atoms with Crippen LogP contribution in [0.1, 0.15) is 18.1 Å². The number of halogens is 2. The highest BCUT2D eigenvalue weighted by atomic mass is 35.5. The fourth-order valence-electron chi connectivity index (χ4n) is 3.75. The highest BCUT2D eigenvalue weighted by Crippen LogP contribution is 2.40. The third kappa shape index (κ3) is 4.24. The van der Waals surface area contributed by atoms with E-state index in [-0.39, 0.29) is 5.91 Å². The molecule has 1 aromatic heterocycles. The Hall–Kier alpha value is -3.21. The van der Waals surface area contributed by atoms with Crippen LogP contribution in [0.5, 0.6) is 5.75 Å². The predicted molar refractivity (Wildman–Crippen MR) is 132 cm³/mol. The van der Waals surface area contributed by atoms with Crippen LogP contribution < -0.4 is 10.1 Å². The van der Waals surface area contributed by atoms with Gasteiger partial charge >= 0.3 is 0 Å². The summed E-state index contributed by atoms with van der Waals surface area (Å²) in [5, 5.41) is 4.63. The monoisotopic (exact) mass is 465 g/mol. The molecule has 0 atom stereocenters. The van der Waals surface area contributed by atoms with Crippen molar-refractivity contribution < 1.29 is 13.9 Å². The number of benzene rings is 3. The van der Waals surface area contributed by atoms with Gasteiger partial charge in [0.25, 0.3) is 0 Å². The van der Waals surface area contributed by atoms with E-state index in [1.54, 1.807) is 31.6 Å². The van der Waals surface area contributed by atoms with Crippen LogP contribution in [-0.4, -0.2) is 13.0 Å². The molecule has 4 nitrogen and oxygen atoms in total. The normalized spacial score (nSPS) is 11.6. The number of hydrogen-bond acceptors (Lipinski definition) is 3. The number of ether oxygens (including phenoxy) is 1. The van der Waals surface area contributed by atoms with Gasteiger partial charge in [0.05, 0.1) is 24.1 Å². The van der Waals surface area contributed by atoms with E-state index in [0.29, 0.717) is 21.5 Å². The number of methoxy groups -OCH3 is 1. The van der Waals surface area contributed by atoms with E-state index >= 15 is 0 Å². The van der Waals surface area contributed by atoms with Gasteiger partial charge in [0, 0.05) is 33.2 Å². The summed E-state index contributed by atoms with van der Waals surface area (Å²) in [6.45, 7) is 3.82. The molecule has 0 fully saturated rings. The van der Waals surface area contributed by atoms with E-state index in [9.17, 15) is 4.79 Å². The summed E-state index contributed by atoms with van der Waals surface area (Å²) < 4.78 is 11.6. The minimum atomic E-state index is -0.304. The second-order valence-corrected chi connectivity index (χ2v) is 8.26. The maximum absolute atomic E-state index is 12.7. The van der Waals surface area contributed by atoms with Gasteiger partial charge in [0.15, 0.2) is 0 Å². The molecule has 0 saturated heterocycles. The summed E-state index contributed by atoms with van der Waals surface area (Å²) >= 11 is 12.1. The van der Waals surface area contributed by atoms with Gasteiger partial charge in [0.2, 0.25) is 5.91 Å². The van der Waals surface area contributed by atoms with Crippen molar-refractivity contribution in [3.63, 3.8) is 0 Å². The first-order valence-corrected chi connectivity index (χ1v) is 10.7. The summed E-state index contributed by atoms with van der Waals surface area (Å²) in [7, 11) is 1.61. The lowest BCUT2D eigenvalue weighted by molar-refractivity contribution is -0.111. The summed E-state index contributed by atoms with van der Waals surface area (Å²) in [5.74, 6) is 0.361. The average molecular weight is 466 g/mol. The lowest BCUT2D eigenvalue weighted by Gasteiger charge is -2.13. The van der Waals surface area contributed by atoms with Crippen molar-refractivity contribution >= 4 is 51.3 Å². The molecule has 0 aliphatic heterocycles. The zero-order valence-electron chi connectivity index (χ0n) is 17.8. The number of anilines is 1. The molecule has 0 spiro atoms. The maximum atomic E-state index is 12.7. The fourth-order valence-corrected chi connectivity index (χ4v) is 4.20. The second-order valence-electron chi connectivity index (χ2n) is 7.42. The Labute approximate surface area is 196 Å². The van der Waals surface area contributed by atoms with Crippen molar-refractivity contribution in [3.8, 4) is 16.9 Å². The van der Waals surface area contributed by atoms with Crippen LogP contribution in [0.15, 0.2) is 71.4 Å². The van der Waals surface area contributed by atoms with Crippen LogP contribution in [0.2, 0.25) is 10.0 Å². The average Bonchev–Trinajstić information content (AvgIpc) is 3.20. The Balaban J connectivity index is 1.75. The first-order chi connectivity index (χ1) is 15.4. The van der Waals surface area contributed by atoms with Crippen LogP contribution in [0.4, 0.5) is 5.69 Å². The molecule has 6 heteroatoms. The Morgan fingerprint density at radius 1 is 1.09 bits per heavy atom. The quantitative estimate of drug-likeness (QED) is 0.306. The molecule has 0 unspecified atom stereocenters. The number of rotatable bonds is 5. The van der Waals surface area contributed by atoms with Gasteiger partial charge in [-0.2, -0.15) is 0 Å². The zero-order chi connectivity index (χ0) is 22.8. The number of furan rings is 1. The molecule has 1 N–H and O–H groups in total. The van der Waals surface area contributed by atoms with E-state index < -0.39 is 0 Å². The number of nitrogens with one attached hydrogen (secondary N) is 1. The summed E-state index contributed by atoms with van der Waals surface area (Å²) in [6, 6.07) is 17.0. The maximum Gasteiger partial charge on any atom is 0.248 e. The molecule has 4 rings (SSSR count). The number of hydrogen-bond donors (Lipinski definition) is 1. The number of carbonyl (C=O) groups is 1. The van der Waals surface area contributed by atoms with Crippen molar-refractivity contribution in [2.45, 2.75) is 13.8 Å². The lowest BCUT2D eigenvalue weighted by Crippen LogP contribution is -2.09. The van der Waals surface area contributed by atoms with Gasteiger partial charge in [-0.3, -0.25) is 4.79 Å². The Kier molecular flexibility index (Phi) is 6.26. The minimum absolute atomic E-state index is 0.304. The van der Waals surface area contributed by atoms with Crippen LogP contribution in [0.3, 0.4) is 0 Å². The number of amides is 1. The first-order valence-electron chi connectivity index (χ1n) is 9.98. The van der Waals surface area contributed by atoms with E-state index in [2.05, 4.69) is 5.32 Å². The molecular weight excluding hydrogens is 445 g/mol. The molecule has 0 aliphatic rings. The first kappa shape index (κ1) is 22.0. The van der Waals surface area contributed by atoms with Gasteiger partial charge in [-0.05, 0) is 49.2 Å². The number of allylic oxidation sites excluding steroid dienone is 1. The minimum Gasteiger partial charge on any atom is -0.496 e. The Morgan fingerprint density at radius 2 is 1.84 bits per heavy atom. The van der Waals surface area contributed by atoms with Gasteiger partial charge in [-0.15, -0.1) is 0 Å². The van der Waals surface area contributed by atoms with Gasteiger partial charge in [-0.1, -0.05) is 53.5 Å². The molecule has 32 heavy (non-hydrogen) atoms. The highest BCUT2D eigenvalue weighted by molar-refractivity contribution is 6.36. The molecule has 1 heterocycles. The van der Waals surface area contributed by atoms with Crippen LogP contribution >= 0.6 is 23.2 Å². The van der Waals surface area contributed by atoms with Crippen LogP contribution in [0.25, 0.3) is 27.7 Å². The smallest absolute Gasteiger partial charge is 0.248 e. The Bertz CT molecular complexity index is 1340. The largest absolute Gasteiger partial charge is 0.496 e. The summed E-state index contributed by atoms with van der Waals surface area (Å²) in [5.41, 5.74) is 5.72. The second kappa shape index (κ2) is 9.11. The van der Waals surface area contributed by atoms with E-state index in [4.69, 9.17) is 32.4 Å². The fraction of sp³-hybridized carbons (Fsp3) is 0.115. The molecule has 4 aromatic rings. The molecule has 1 amide bonds. The van der Waals surface area contributed by atoms with Gasteiger partial charge in [0.1, 0.15) is 11.3 Å². The van der Waals surface area contributed by atoms with Crippen molar-refractivity contribution in [2.24, 2.45) is 0 Å². The van der Waals surface area contributed by atoms with Crippen molar-refractivity contribution in [1.29, 1.82) is 0 Å². The number of fused-ring (bicyclic) bond motifs is 1. The third-order valence-electron chi connectivity index (χ3n) is 5.29. The molecule has 3 aromatic carbocycles. The molecule has 0 aliphatic carbocycles. The highest BCUT2D eigenvalue weighted by Gasteiger charge is 2.19. The SMILES string of the molecule is COc1c(/C(C)=C/C(=O)Nc2ccc(Cl)cc2Cl)cc2c(-c3ccccc3)coc2c1C. The molecular formula is C26H21Cl2NO3. The third-order valence-corrected chi connectivity index (χ3v) is 5.84. The number of carbonyl (C=O) groups excluding carboxylic acids is 1. The molecule has 0 saturated carbocycles. The van der Waals surface area contributed by atoms with Gasteiger partial charge in [-0.25, -0.2) is 0 Å². The van der Waals surface area contributed by atoms with Crippen molar-refractivity contribution in [2.75, 3.05) is 12.4 Å². The van der Waals surface area contributed by atoms with Crippen molar-refractivity contribution in [1.82, 2.24) is 0 Å². The van der Waals surface area contributed by atoms with Crippen LogP contribution in [0, 0.1) is 6.92 Å². The summed E-state index contributed by atoms with van der Waals surface area (Å²) in [4.78, 5) is 12.7. The zero-order valence-corrected chi connectivity index (χ0v) is 19.3. The van der Waals surface area contributed by atoms with E-state index in [1.165, 1.54) is 6.08 Å². The predicted octanol–water partition coefficient (Wildman–Crippen LogP) is 7.77. The lowest BCUT2D eigenvalue weighted by atomic mass is 9.96. The van der Waals surface area contributed by atoms with E-state index in [1.807, 2.05) is 50.2 Å². The Morgan fingerprint density at radius 3 is 2.53 bits per heavy atom. The summed E-state index contributed by atoms with van der Waals surface area (Å²) in [6.07, 6.45) is 3.28. The molecule has 0 bridgehead atoms. The number of aryl methyl sites for hydroxylation is 1. The van der Waals surface area contributed by atoms with E-state index in [0.717, 1.165) is 38.8 Å². The molecule has 162 valence electrons. The van der Waals surface area contributed by atoms with Crippen molar-refractivity contribution in [3.05, 3.63) is 88.1 Å². The van der Waals surface area contributed by atoms with Crippen LogP contribution in [-0.2, 0) is 4.79 Å².